The average molecular weight is 304 g/mol. The summed E-state index contributed by atoms with van der Waals surface area (Å²) >= 11 is 0. The lowest BCUT2D eigenvalue weighted by Crippen LogP contribution is -2.29. The summed E-state index contributed by atoms with van der Waals surface area (Å²) in [6, 6.07) is 1.50. The minimum Gasteiger partial charge on any atom is -0.370 e. The summed E-state index contributed by atoms with van der Waals surface area (Å²) < 4.78 is 38.4. The molecule has 0 amide bonds. The number of nitrogens with zero attached hydrogens (tertiary/aromatic N) is 2. The summed E-state index contributed by atoms with van der Waals surface area (Å²) in [7, 11) is 0. The number of halogens is 3. The maximum atomic E-state index is 12.8. The van der Waals surface area contributed by atoms with Gasteiger partial charge in [0.05, 0.1) is 0 Å². The maximum Gasteiger partial charge on any atom is 0.451 e. The zero-order valence-corrected chi connectivity index (χ0v) is 13.1. The van der Waals surface area contributed by atoms with Crippen LogP contribution in [0, 0.1) is 11.3 Å². The van der Waals surface area contributed by atoms with Crippen LogP contribution in [0.2, 0.25) is 0 Å². The van der Waals surface area contributed by atoms with Crippen molar-refractivity contribution >= 4 is 11.6 Å². The van der Waals surface area contributed by atoms with Crippen molar-refractivity contribution in [3.8, 4) is 0 Å². The Balaban J connectivity index is 2.98. The molecule has 0 bridgehead atoms. The molecule has 0 radical (unpaired) electrons. The van der Waals surface area contributed by atoms with Crippen LogP contribution in [0.25, 0.3) is 0 Å². The Labute approximate surface area is 123 Å². The van der Waals surface area contributed by atoms with Crippen molar-refractivity contribution < 1.29 is 13.2 Å². The van der Waals surface area contributed by atoms with Gasteiger partial charge in [-0.25, -0.2) is 9.97 Å². The molecule has 0 atom stereocenters. The lowest BCUT2D eigenvalue weighted by Gasteiger charge is -2.29. The highest BCUT2D eigenvalue weighted by Gasteiger charge is 2.35. The highest BCUT2D eigenvalue weighted by molar-refractivity contribution is 5.48. The summed E-state index contributed by atoms with van der Waals surface area (Å²) in [5, 5.41) is 5.78. The van der Waals surface area contributed by atoms with Crippen molar-refractivity contribution in [3.63, 3.8) is 0 Å². The van der Waals surface area contributed by atoms with Crippen LogP contribution in [0.1, 0.15) is 40.4 Å². The van der Waals surface area contributed by atoms with Crippen molar-refractivity contribution in [3.05, 3.63) is 11.9 Å². The molecule has 7 heteroatoms. The fraction of sp³-hybridized carbons (Fsp3) is 0.714. The fourth-order valence-corrected chi connectivity index (χ4v) is 1.46. The van der Waals surface area contributed by atoms with Crippen LogP contribution in [-0.4, -0.2) is 23.1 Å². The van der Waals surface area contributed by atoms with Gasteiger partial charge in [0.25, 0.3) is 0 Å². The van der Waals surface area contributed by atoms with Crippen LogP contribution in [-0.2, 0) is 6.18 Å². The van der Waals surface area contributed by atoms with Gasteiger partial charge in [0.2, 0.25) is 5.82 Å². The summed E-state index contributed by atoms with van der Waals surface area (Å²) in [6.07, 6.45) is -4.56. The minimum absolute atomic E-state index is 0.0539. The first-order valence-corrected chi connectivity index (χ1v) is 7.00. The molecule has 1 aromatic heterocycles. The van der Waals surface area contributed by atoms with E-state index in [0.717, 1.165) is 0 Å². The Morgan fingerprint density at radius 2 is 1.62 bits per heavy atom. The molecule has 21 heavy (non-hydrogen) atoms. The van der Waals surface area contributed by atoms with Crippen LogP contribution in [0.4, 0.5) is 24.8 Å². The van der Waals surface area contributed by atoms with E-state index in [1.54, 1.807) is 6.92 Å². The van der Waals surface area contributed by atoms with Crippen molar-refractivity contribution in [2.75, 3.05) is 23.7 Å². The van der Waals surface area contributed by atoms with E-state index in [2.05, 4.69) is 48.3 Å². The molecule has 120 valence electrons. The van der Waals surface area contributed by atoms with E-state index in [9.17, 15) is 13.2 Å². The van der Waals surface area contributed by atoms with Gasteiger partial charge in [-0.1, -0.05) is 27.7 Å². The van der Waals surface area contributed by atoms with Gasteiger partial charge < -0.3 is 10.6 Å². The molecule has 0 fully saturated rings. The second kappa shape index (κ2) is 6.49. The van der Waals surface area contributed by atoms with Crippen molar-refractivity contribution in [1.29, 1.82) is 0 Å². The third kappa shape index (κ3) is 5.06. The molecule has 0 saturated heterocycles. The predicted octanol–water partition coefficient (Wildman–Crippen LogP) is 4.02. The zero-order valence-electron chi connectivity index (χ0n) is 13.1. The third-order valence-corrected chi connectivity index (χ3v) is 3.63. The summed E-state index contributed by atoms with van der Waals surface area (Å²) in [4.78, 5) is 7.05. The quantitative estimate of drug-likeness (QED) is 0.833. The third-order valence-electron chi connectivity index (χ3n) is 3.63. The number of anilines is 2. The molecule has 0 aliphatic rings. The first kappa shape index (κ1) is 17.5. The van der Waals surface area contributed by atoms with Gasteiger partial charge >= 0.3 is 6.18 Å². The van der Waals surface area contributed by atoms with Crippen LogP contribution >= 0.6 is 0 Å². The Hall–Kier alpha value is -1.53. The van der Waals surface area contributed by atoms with Crippen molar-refractivity contribution in [1.82, 2.24) is 9.97 Å². The standard InChI is InChI=1S/C14H23F3N4/c1-6-18-10-7-11(19-8-13(4,5)9(2)3)21-12(20-10)14(15,16)17/h7,9H,6,8H2,1-5H3,(H2,18,19,20,21). The number of hydrogen-bond donors (Lipinski definition) is 2. The molecule has 0 saturated carbocycles. The predicted molar refractivity (Wildman–Crippen MR) is 78.3 cm³/mol. The molecular formula is C14H23F3N4. The first-order chi connectivity index (χ1) is 9.56. The van der Waals surface area contributed by atoms with Gasteiger partial charge in [-0.05, 0) is 18.3 Å². The highest BCUT2D eigenvalue weighted by atomic mass is 19.4. The molecule has 2 N–H and O–H groups in total. The number of hydrogen-bond acceptors (Lipinski definition) is 4. The largest absolute Gasteiger partial charge is 0.451 e. The van der Waals surface area contributed by atoms with E-state index < -0.39 is 12.0 Å². The van der Waals surface area contributed by atoms with Crippen LogP contribution < -0.4 is 10.6 Å². The molecule has 0 unspecified atom stereocenters. The summed E-state index contributed by atoms with van der Waals surface area (Å²) in [6.45, 7) is 11.1. The van der Waals surface area contributed by atoms with Gasteiger partial charge in [0.15, 0.2) is 0 Å². The fourth-order valence-electron chi connectivity index (χ4n) is 1.46. The lowest BCUT2D eigenvalue weighted by molar-refractivity contribution is -0.144. The van der Waals surface area contributed by atoms with Crippen LogP contribution in [0.15, 0.2) is 6.07 Å². The molecule has 1 aromatic rings. The van der Waals surface area contributed by atoms with E-state index in [4.69, 9.17) is 0 Å². The highest BCUT2D eigenvalue weighted by Crippen LogP contribution is 2.30. The summed E-state index contributed by atoms with van der Waals surface area (Å²) in [5.74, 6) is -0.389. The number of rotatable bonds is 6. The minimum atomic E-state index is -4.56. The van der Waals surface area contributed by atoms with E-state index in [1.165, 1.54) is 6.07 Å². The van der Waals surface area contributed by atoms with Crippen molar-refractivity contribution in [2.45, 2.75) is 40.8 Å². The molecule has 1 heterocycles. The van der Waals surface area contributed by atoms with E-state index in [1.807, 2.05) is 0 Å². The van der Waals surface area contributed by atoms with Crippen LogP contribution in [0.3, 0.4) is 0 Å². The zero-order chi connectivity index (χ0) is 16.3. The smallest absolute Gasteiger partial charge is 0.370 e. The van der Waals surface area contributed by atoms with Gasteiger partial charge in [0.1, 0.15) is 11.6 Å². The van der Waals surface area contributed by atoms with Gasteiger partial charge in [-0.3, -0.25) is 0 Å². The van der Waals surface area contributed by atoms with Gasteiger partial charge in [-0.15, -0.1) is 0 Å². The Morgan fingerprint density at radius 1 is 1.10 bits per heavy atom. The molecule has 1 rings (SSSR count). The number of alkyl halides is 3. The molecule has 0 aromatic carbocycles. The average Bonchev–Trinajstić information content (AvgIpc) is 2.35. The normalized spacial score (nSPS) is 12.6. The number of aromatic nitrogens is 2. The Morgan fingerprint density at radius 3 is 2.05 bits per heavy atom. The molecular weight excluding hydrogens is 281 g/mol. The molecule has 0 spiro atoms. The molecule has 0 aliphatic heterocycles. The van der Waals surface area contributed by atoms with Gasteiger partial charge in [-0.2, -0.15) is 13.2 Å². The van der Waals surface area contributed by atoms with E-state index >= 15 is 0 Å². The van der Waals surface area contributed by atoms with E-state index in [-0.39, 0.29) is 17.1 Å². The van der Waals surface area contributed by atoms with Crippen molar-refractivity contribution in [2.24, 2.45) is 11.3 Å². The summed E-state index contributed by atoms with van der Waals surface area (Å²) in [5.41, 5.74) is -0.0539. The SMILES string of the molecule is CCNc1cc(NCC(C)(C)C(C)C)nc(C(F)(F)F)n1. The first-order valence-electron chi connectivity index (χ1n) is 7.00. The lowest BCUT2D eigenvalue weighted by atomic mass is 9.81. The maximum absolute atomic E-state index is 12.8. The molecule has 0 aliphatic carbocycles. The Kier molecular flexibility index (Phi) is 5.42. The van der Waals surface area contributed by atoms with E-state index in [0.29, 0.717) is 19.0 Å². The second-order valence-electron chi connectivity index (χ2n) is 5.99. The van der Waals surface area contributed by atoms with Crippen LogP contribution in [0.5, 0.6) is 0 Å². The monoisotopic (exact) mass is 304 g/mol. The number of nitrogens with one attached hydrogen (secondary N) is 2. The Bertz CT molecular complexity index is 470. The topological polar surface area (TPSA) is 49.8 Å². The molecule has 4 nitrogen and oxygen atoms in total. The van der Waals surface area contributed by atoms with Gasteiger partial charge in [0, 0.05) is 19.2 Å². The second-order valence-corrected chi connectivity index (χ2v) is 5.99.